The Morgan fingerprint density at radius 2 is 1.74 bits per heavy atom. The zero-order valence-electron chi connectivity index (χ0n) is 22.9. The van der Waals surface area contributed by atoms with Gasteiger partial charge >= 0.3 is 0 Å². The molecule has 0 radical (unpaired) electrons. The zero-order chi connectivity index (χ0) is 30.0. The first kappa shape index (κ1) is 28.8. The molecule has 212 valence electrons. The molecule has 0 aliphatic carbocycles. The molecule has 3 aromatic carbocycles. The van der Waals surface area contributed by atoms with Crippen LogP contribution in [0.3, 0.4) is 0 Å². The molecule has 3 heterocycles. The van der Waals surface area contributed by atoms with Crippen molar-refractivity contribution in [1.82, 2.24) is 19.9 Å². The quantitative estimate of drug-likeness (QED) is 0.241. The minimum Gasteiger partial charge on any atom is -0.487 e. The van der Waals surface area contributed by atoms with E-state index < -0.39 is 0 Å². The largest absolute Gasteiger partial charge is 0.487 e. The minimum atomic E-state index is -0.300. The molecule has 0 atom stereocenters. The van der Waals surface area contributed by atoms with Gasteiger partial charge in [-0.3, -0.25) is 19.7 Å². The summed E-state index contributed by atoms with van der Waals surface area (Å²) in [5, 5.41) is 3.99. The third-order valence-corrected chi connectivity index (χ3v) is 7.48. The summed E-state index contributed by atoms with van der Waals surface area (Å²) < 4.78 is 8.07. The van der Waals surface area contributed by atoms with E-state index in [1.165, 1.54) is 11.8 Å². The molecule has 42 heavy (non-hydrogen) atoms. The highest BCUT2D eigenvalue weighted by molar-refractivity contribution is 6.38. The highest BCUT2D eigenvalue weighted by Crippen LogP contribution is 2.36. The summed E-state index contributed by atoms with van der Waals surface area (Å²) in [6.45, 7) is 3.54. The second-order valence-electron chi connectivity index (χ2n) is 9.46. The smallest absolute Gasteiger partial charge is 0.258 e. The molecule has 0 saturated carbocycles. The topological polar surface area (TPSA) is 106 Å². The third-order valence-electron chi connectivity index (χ3n) is 6.71. The van der Waals surface area contributed by atoms with Gasteiger partial charge in [0.1, 0.15) is 17.9 Å². The van der Waals surface area contributed by atoms with Gasteiger partial charge in [0.25, 0.3) is 11.8 Å². The lowest BCUT2D eigenvalue weighted by Gasteiger charge is -2.20. The number of carbonyl (C=O) groups is 3. The molecule has 6 rings (SSSR count). The number of nitrogens with one attached hydrogen (secondary N) is 1. The number of nitrogens with zero attached hydrogens (tertiary/aromatic N) is 4. The normalized spacial score (nSPS) is 11.9. The second-order valence-corrected chi connectivity index (χ2v) is 10.2. The lowest BCUT2D eigenvalue weighted by atomic mass is 10.1. The van der Waals surface area contributed by atoms with E-state index in [0.717, 1.165) is 22.3 Å². The van der Waals surface area contributed by atoms with E-state index in [1.807, 2.05) is 42.0 Å². The average Bonchev–Trinajstić information content (AvgIpc) is 3.61. The molecule has 3 amide bonds. The first-order valence-corrected chi connectivity index (χ1v) is 13.6. The van der Waals surface area contributed by atoms with E-state index in [9.17, 15) is 14.4 Å². The Kier molecular flexibility index (Phi) is 8.24. The van der Waals surface area contributed by atoms with Crippen molar-refractivity contribution in [2.75, 3.05) is 11.9 Å². The van der Waals surface area contributed by atoms with Gasteiger partial charge in [-0.2, -0.15) is 0 Å². The molecular formula is C31H25Cl2N5O4. The van der Waals surface area contributed by atoms with E-state index in [4.69, 9.17) is 32.9 Å². The van der Waals surface area contributed by atoms with Gasteiger partial charge in [-0.15, -0.1) is 0 Å². The summed E-state index contributed by atoms with van der Waals surface area (Å²) >= 11 is 13.0. The number of pyridine rings is 1. The van der Waals surface area contributed by atoms with E-state index in [-0.39, 0.29) is 24.3 Å². The highest BCUT2D eigenvalue weighted by atomic mass is 35.5. The van der Waals surface area contributed by atoms with Crippen molar-refractivity contribution in [3.05, 3.63) is 112 Å². The molecule has 1 aliphatic rings. The number of benzene rings is 3. The predicted octanol–water partition coefficient (Wildman–Crippen LogP) is 6.17. The first-order valence-electron chi connectivity index (χ1n) is 12.8. The zero-order valence-corrected chi connectivity index (χ0v) is 24.4. The molecule has 5 aromatic rings. The number of amides is 3. The van der Waals surface area contributed by atoms with Crippen LogP contribution in [0.1, 0.15) is 38.9 Å². The van der Waals surface area contributed by atoms with Crippen LogP contribution in [0.15, 0.2) is 79.4 Å². The molecular weight excluding hydrogens is 577 g/mol. The van der Waals surface area contributed by atoms with Gasteiger partial charge in [0.2, 0.25) is 5.91 Å². The Morgan fingerprint density at radius 3 is 2.38 bits per heavy atom. The number of fused-ring (bicyclic) bond motifs is 2. The van der Waals surface area contributed by atoms with Crippen LogP contribution in [0.4, 0.5) is 5.69 Å². The molecule has 2 aromatic heterocycles. The van der Waals surface area contributed by atoms with Crippen LogP contribution in [-0.4, -0.2) is 39.3 Å². The van der Waals surface area contributed by atoms with Crippen LogP contribution in [0.5, 0.6) is 5.75 Å². The van der Waals surface area contributed by atoms with Crippen molar-refractivity contribution in [2.24, 2.45) is 0 Å². The Hall–Kier alpha value is -4.73. The fraction of sp³-hybridized carbons (Fsp3) is 0.129. The molecule has 1 aliphatic heterocycles. The molecule has 0 fully saturated rings. The Bertz CT molecular complexity index is 1810. The number of ether oxygens (including phenoxy) is 1. The monoisotopic (exact) mass is 601 g/mol. The summed E-state index contributed by atoms with van der Waals surface area (Å²) in [4.78, 5) is 44.0. The van der Waals surface area contributed by atoms with Crippen molar-refractivity contribution in [3.63, 3.8) is 0 Å². The van der Waals surface area contributed by atoms with Crippen LogP contribution < -0.4 is 15.0 Å². The van der Waals surface area contributed by atoms with E-state index in [1.54, 1.807) is 56.0 Å². The average molecular weight is 602 g/mol. The highest BCUT2D eigenvalue weighted by Gasteiger charge is 2.25. The number of anilines is 1. The minimum absolute atomic E-state index is 0.128. The number of rotatable bonds is 5. The number of carbonyl (C=O) groups excluding carboxylic acids is 3. The molecule has 0 saturated heterocycles. The van der Waals surface area contributed by atoms with Crippen molar-refractivity contribution in [2.45, 2.75) is 20.5 Å². The number of hydrogen-bond donors (Lipinski definition) is 1. The Balaban J connectivity index is 0.000000267. The van der Waals surface area contributed by atoms with Gasteiger partial charge in [-0.1, -0.05) is 47.5 Å². The van der Waals surface area contributed by atoms with Crippen LogP contribution >= 0.6 is 23.2 Å². The van der Waals surface area contributed by atoms with E-state index >= 15 is 0 Å². The Morgan fingerprint density at radius 1 is 1.02 bits per heavy atom. The van der Waals surface area contributed by atoms with Crippen LogP contribution in [0.2, 0.25) is 10.0 Å². The maximum absolute atomic E-state index is 11.8. The summed E-state index contributed by atoms with van der Waals surface area (Å²) in [5.41, 5.74) is 4.67. The van der Waals surface area contributed by atoms with Gasteiger partial charge in [-0.05, 0) is 43.3 Å². The van der Waals surface area contributed by atoms with Crippen molar-refractivity contribution >= 4 is 57.5 Å². The lowest BCUT2D eigenvalue weighted by molar-refractivity contribution is -0.116. The van der Waals surface area contributed by atoms with Crippen molar-refractivity contribution in [1.29, 1.82) is 0 Å². The fourth-order valence-electron chi connectivity index (χ4n) is 4.47. The first-order chi connectivity index (χ1) is 20.2. The molecule has 11 heteroatoms. The van der Waals surface area contributed by atoms with Gasteiger partial charge in [0.05, 0.1) is 33.9 Å². The molecule has 0 bridgehead atoms. The van der Waals surface area contributed by atoms with Gasteiger partial charge in [0.15, 0.2) is 0 Å². The van der Waals surface area contributed by atoms with Crippen LogP contribution in [-0.2, 0) is 11.4 Å². The summed E-state index contributed by atoms with van der Waals surface area (Å²) in [6, 6.07) is 17.9. The van der Waals surface area contributed by atoms with Gasteiger partial charge in [0, 0.05) is 48.0 Å². The summed E-state index contributed by atoms with van der Waals surface area (Å²) in [6.07, 6.45) is 5.37. The SMILES string of the molecule is CC(=O)N(C)c1ccc(Cl)c(COc2cccc3c(-n4ccnc4)cc(C)nc23)c1Cl.O=C1NC(=O)c2ccccc21. The fourth-order valence-corrected chi connectivity index (χ4v) is 5.08. The number of aryl methyl sites for hydroxylation is 1. The second kappa shape index (κ2) is 12.0. The molecule has 1 N–H and O–H groups in total. The van der Waals surface area contributed by atoms with E-state index in [2.05, 4.69) is 10.3 Å². The number of imide groups is 1. The number of para-hydroxylation sites is 1. The summed E-state index contributed by atoms with van der Waals surface area (Å²) in [7, 11) is 1.66. The standard InChI is InChI=1S/C23H20Cl2N4O2.C8H5NO2/c1-14-11-20(29-10-9-26-13-29)16-5-4-6-21(23(16)27-14)31-12-17-18(24)7-8-19(22(17)25)28(3)15(2)30;10-7-5-3-1-2-4-6(5)8(11)9-7/h4-11,13H,12H2,1-3H3;1-4H,(H,9,10,11). The van der Waals surface area contributed by atoms with Crippen molar-refractivity contribution < 1.29 is 19.1 Å². The van der Waals surface area contributed by atoms with Crippen molar-refractivity contribution in [3.8, 4) is 11.4 Å². The number of halogens is 2. The third kappa shape index (κ3) is 5.70. The molecule has 0 spiro atoms. The predicted molar refractivity (Wildman–Crippen MR) is 162 cm³/mol. The Labute approximate surface area is 251 Å². The number of hydrogen-bond acceptors (Lipinski definition) is 6. The molecule has 9 nitrogen and oxygen atoms in total. The molecule has 0 unspecified atom stereocenters. The van der Waals surface area contributed by atoms with E-state index in [0.29, 0.717) is 38.2 Å². The lowest BCUT2D eigenvalue weighted by Crippen LogP contribution is -2.23. The van der Waals surface area contributed by atoms with Crippen LogP contribution in [0.25, 0.3) is 16.6 Å². The van der Waals surface area contributed by atoms with Crippen LogP contribution in [0, 0.1) is 6.92 Å². The number of aromatic nitrogens is 3. The summed E-state index contributed by atoms with van der Waals surface area (Å²) in [5.74, 6) is -0.118. The van der Waals surface area contributed by atoms with Gasteiger partial charge in [-0.25, -0.2) is 9.97 Å². The van der Waals surface area contributed by atoms with Gasteiger partial charge < -0.3 is 14.2 Å². The number of imidazole rings is 1. The maximum atomic E-state index is 11.8. The maximum Gasteiger partial charge on any atom is 0.258 e.